The summed E-state index contributed by atoms with van der Waals surface area (Å²) in [7, 11) is 0. The number of benzene rings is 2. The third kappa shape index (κ3) is 4.53. The van der Waals surface area contributed by atoms with E-state index in [-0.39, 0.29) is 13.0 Å². The quantitative estimate of drug-likeness (QED) is 0.815. The largest absolute Gasteiger partial charge is 0.459 e. The molecule has 3 rings (SSSR count). The number of hydrogen-bond acceptors (Lipinski definition) is 6. The van der Waals surface area contributed by atoms with Crippen LogP contribution >= 0.6 is 0 Å². The van der Waals surface area contributed by atoms with Crippen molar-refractivity contribution in [1.29, 1.82) is 0 Å². The van der Waals surface area contributed by atoms with E-state index in [9.17, 15) is 14.7 Å². The predicted molar refractivity (Wildman–Crippen MR) is 97.3 cm³/mol. The molecule has 0 spiro atoms. The predicted octanol–water partition coefficient (Wildman–Crippen LogP) is 2.79. The molecule has 1 unspecified atom stereocenters. The highest BCUT2D eigenvalue weighted by molar-refractivity contribution is 5.91. The van der Waals surface area contributed by atoms with E-state index in [1.165, 1.54) is 0 Å². The minimum absolute atomic E-state index is 0.115. The average molecular weight is 370 g/mol. The van der Waals surface area contributed by atoms with E-state index in [0.29, 0.717) is 11.1 Å². The first-order valence-electron chi connectivity index (χ1n) is 8.78. The van der Waals surface area contributed by atoms with Gasteiger partial charge in [-0.2, -0.15) is 0 Å². The molecule has 0 saturated carbocycles. The van der Waals surface area contributed by atoms with Gasteiger partial charge in [0, 0.05) is 6.42 Å². The SMILES string of the molecule is Cc1ccccc1C(=O)OC[C@@H]1OC(O)C[C@H]1OC(=O)c1ccccc1C. The van der Waals surface area contributed by atoms with Gasteiger partial charge in [-0.05, 0) is 37.1 Å². The van der Waals surface area contributed by atoms with Crippen LogP contribution in [0, 0.1) is 13.8 Å². The molecule has 6 nitrogen and oxygen atoms in total. The number of ether oxygens (including phenoxy) is 3. The molecule has 2 aromatic carbocycles. The maximum atomic E-state index is 12.4. The van der Waals surface area contributed by atoms with Gasteiger partial charge in [-0.3, -0.25) is 0 Å². The number of aryl methyl sites for hydroxylation is 2. The van der Waals surface area contributed by atoms with Crippen LogP contribution in [0.15, 0.2) is 48.5 Å². The summed E-state index contributed by atoms with van der Waals surface area (Å²) in [6, 6.07) is 14.2. The van der Waals surface area contributed by atoms with E-state index in [4.69, 9.17) is 14.2 Å². The van der Waals surface area contributed by atoms with Gasteiger partial charge in [0.25, 0.3) is 0 Å². The number of esters is 2. The van der Waals surface area contributed by atoms with Crippen LogP contribution in [0.4, 0.5) is 0 Å². The fourth-order valence-electron chi connectivity index (χ4n) is 3.01. The molecular weight excluding hydrogens is 348 g/mol. The summed E-state index contributed by atoms with van der Waals surface area (Å²) < 4.78 is 16.2. The number of carbonyl (C=O) groups excluding carboxylic acids is 2. The molecule has 1 aliphatic rings. The van der Waals surface area contributed by atoms with Crippen molar-refractivity contribution >= 4 is 11.9 Å². The zero-order valence-corrected chi connectivity index (χ0v) is 15.3. The molecule has 1 saturated heterocycles. The average Bonchev–Trinajstić information content (AvgIpc) is 2.99. The zero-order valence-electron chi connectivity index (χ0n) is 15.3. The maximum Gasteiger partial charge on any atom is 0.338 e. The minimum atomic E-state index is -1.07. The van der Waals surface area contributed by atoms with Crippen molar-refractivity contribution in [3.8, 4) is 0 Å². The molecule has 1 N–H and O–H groups in total. The molecule has 1 heterocycles. The fraction of sp³-hybridized carbons (Fsp3) is 0.333. The van der Waals surface area contributed by atoms with Gasteiger partial charge in [0.2, 0.25) is 0 Å². The number of rotatable bonds is 5. The van der Waals surface area contributed by atoms with Crippen LogP contribution in [0.3, 0.4) is 0 Å². The summed E-state index contributed by atoms with van der Waals surface area (Å²) in [4.78, 5) is 24.7. The van der Waals surface area contributed by atoms with Crippen LogP contribution in [0.2, 0.25) is 0 Å². The smallest absolute Gasteiger partial charge is 0.338 e. The zero-order chi connectivity index (χ0) is 19.4. The molecule has 0 aliphatic carbocycles. The first kappa shape index (κ1) is 19.1. The number of aliphatic hydroxyl groups is 1. The lowest BCUT2D eigenvalue weighted by molar-refractivity contribution is -0.110. The maximum absolute atomic E-state index is 12.4. The van der Waals surface area contributed by atoms with E-state index < -0.39 is 30.4 Å². The summed E-state index contributed by atoms with van der Waals surface area (Å²) in [5.41, 5.74) is 2.51. The van der Waals surface area contributed by atoms with E-state index in [0.717, 1.165) is 11.1 Å². The molecule has 27 heavy (non-hydrogen) atoms. The molecule has 142 valence electrons. The number of aliphatic hydroxyl groups excluding tert-OH is 1. The summed E-state index contributed by atoms with van der Waals surface area (Å²) in [5, 5.41) is 9.78. The Morgan fingerprint density at radius 1 is 1.00 bits per heavy atom. The van der Waals surface area contributed by atoms with Crippen LogP contribution in [-0.2, 0) is 14.2 Å². The summed E-state index contributed by atoms with van der Waals surface area (Å²) in [6.07, 6.45) is -2.36. The summed E-state index contributed by atoms with van der Waals surface area (Å²) in [5.74, 6) is -0.979. The van der Waals surface area contributed by atoms with Crippen molar-refractivity contribution < 1.29 is 28.9 Å². The first-order valence-corrected chi connectivity index (χ1v) is 8.78. The van der Waals surface area contributed by atoms with Crippen LogP contribution in [0.25, 0.3) is 0 Å². The highest BCUT2D eigenvalue weighted by atomic mass is 16.7. The van der Waals surface area contributed by atoms with Crippen molar-refractivity contribution in [3.63, 3.8) is 0 Å². The molecule has 6 heteroatoms. The lowest BCUT2D eigenvalue weighted by Crippen LogP contribution is -2.32. The van der Waals surface area contributed by atoms with Crippen LogP contribution in [0.1, 0.15) is 38.3 Å². The Kier molecular flexibility index (Phi) is 5.88. The van der Waals surface area contributed by atoms with Crippen LogP contribution in [-0.4, -0.2) is 42.1 Å². The van der Waals surface area contributed by atoms with Gasteiger partial charge in [-0.25, -0.2) is 9.59 Å². The minimum Gasteiger partial charge on any atom is -0.459 e. The van der Waals surface area contributed by atoms with Crippen molar-refractivity contribution in [2.45, 2.75) is 38.8 Å². The van der Waals surface area contributed by atoms with Crippen LogP contribution < -0.4 is 0 Å². The van der Waals surface area contributed by atoms with E-state index in [1.54, 1.807) is 24.3 Å². The van der Waals surface area contributed by atoms with Gasteiger partial charge in [-0.15, -0.1) is 0 Å². The van der Waals surface area contributed by atoms with Gasteiger partial charge in [0.05, 0.1) is 11.1 Å². The monoisotopic (exact) mass is 370 g/mol. The normalized spacial score (nSPS) is 21.7. The van der Waals surface area contributed by atoms with E-state index in [1.807, 2.05) is 38.1 Å². The fourth-order valence-corrected chi connectivity index (χ4v) is 3.01. The lowest BCUT2D eigenvalue weighted by Gasteiger charge is -2.19. The topological polar surface area (TPSA) is 82.1 Å². The Morgan fingerprint density at radius 2 is 1.56 bits per heavy atom. The van der Waals surface area contributed by atoms with Gasteiger partial charge < -0.3 is 19.3 Å². The number of carbonyl (C=O) groups is 2. The molecule has 1 aliphatic heterocycles. The molecule has 3 atom stereocenters. The first-order chi connectivity index (χ1) is 13.0. The molecule has 0 radical (unpaired) electrons. The van der Waals surface area contributed by atoms with Gasteiger partial charge in [0.1, 0.15) is 18.8 Å². The summed E-state index contributed by atoms with van der Waals surface area (Å²) >= 11 is 0. The molecule has 0 aromatic heterocycles. The molecule has 2 aromatic rings. The lowest BCUT2D eigenvalue weighted by atomic mass is 10.1. The van der Waals surface area contributed by atoms with Crippen LogP contribution in [0.5, 0.6) is 0 Å². The molecular formula is C21H22O6. The second-order valence-corrected chi connectivity index (χ2v) is 6.54. The van der Waals surface area contributed by atoms with E-state index in [2.05, 4.69) is 0 Å². The Morgan fingerprint density at radius 3 is 2.15 bits per heavy atom. The van der Waals surface area contributed by atoms with Gasteiger partial charge in [-0.1, -0.05) is 36.4 Å². The van der Waals surface area contributed by atoms with Crippen molar-refractivity contribution in [2.24, 2.45) is 0 Å². The van der Waals surface area contributed by atoms with Gasteiger partial charge >= 0.3 is 11.9 Å². The standard InChI is InChI=1S/C21H22O6/c1-13-7-3-5-9-15(13)20(23)25-12-18-17(11-19(22)26-18)27-21(24)16-10-6-4-8-14(16)2/h3-10,17-19,22H,11-12H2,1-2H3/t17-,18+,19?/m1/s1. The van der Waals surface area contributed by atoms with Crippen molar-refractivity contribution in [3.05, 3.63) is 70.8 Å². The Hall–Kier alpha value is -2.70. The molecule has 0 amide bonds. The highest BCUT2D eigenvalue weighted by Gasteiger charge is 2.38. The molecule has 1 fully saturated rings. The Labute approximate surface area is 157 Å². The number of hydrogen-bond donors (Lipinski definition) is 1. The second kappa shape index (κ2) is 8.33. The second-order valence-electron chi connectivity index (χ2n) is 6.54. The van der Waals surface area contributed by atoms with E-state index >= 15 is 0 Å². The summed E-state index contributed by atoms with van der Waals surface area (Å²) in [6.45, 7) is 3.52. The van der Waals surface area contributed by atoms with Crippen molar-refractivity contribution in [2.75, 3.05) is 6.61 Å². The Bertz CT molecular complexity index is 831. The highest BCUT2D eigenvalue weighted by Crippen LogP contribution is 2.24. The van der Waals surface area contributed by atoms with Crippen molar-refractivity contribution in [1.82, 2.24) is 0 Å². The van der Waals surface area contributed by atoms with Gasteiger partial charge in [0.15, 0.2) is 6.29 Å². The third-order valence-corrected chi connectivity index (χ3v) is 4.55. The molecule has 0 bridgehead atoms. The Balaban J connectivity index is 1.62. The third-order valence-electron chi connectivity index (χ3n) is 4.55.